The Balaban J connectivity index is 2.25. The number of nitriles is 1. The van der Waals surface area contributed by atoms with Crippen LogP contribution in [0.2, 0.25) is 0 Å². The molecule has 1 aromatic carbocycles. The lowest BCUT2D eigenvalue weighted by atomic mass is 10.3. The molecular formula is C11H5F2N3O. The lowest BCUT2D eigenvalue weighted by molar-refractivity contribution is 0.420. The molecular weight excluding hydrogens is 228 g/mol. The summed E-state index contributed by atoms with van der Waals surface area (Å²) in [5.41, 5.74) is 0.108. The monoisotopic (exact) mass is 233 g/mol. The van der Waals surface area contributed by atoms with Crippen LogP contribution in [0.5, 0.6) is 11.6 Å². The van der Waals surface area contributed by atoms with E-state index in [1.54, 1.807) is 6.07 Å². The second kappa shape index (κ2) is 4.53. The first-order valence-electron chi connectivity index (χ1n) is 4.54. The SMILES string of the molecule is N#Cc1cnc(Oc2cc(F)ccc2F)cn1. The van der Waals surface area contributed by atoms with Gasteiger partial charge in [-0.3, -0.25) is 0 Å². The van der Waals surface area contributed by atoms with Crippen molar-refractivity contribution >= 4 is 0 Å². The van der Waals surface area contributed by atoms with Crippen LogP contribution < -0.4 is 4.74 Å². The third-order valence-electron chi connectivity index (χ3n) is 1.85. The summed E-state index contributed by atoms with van der Waals surface area (Å²) in [4.78, 5) is 7.40. The summed E-state index contributed by atoms with van der Waals surface area (Å²) in [6.45, 7) is 0. The van der Waals surface area contributed by atoms with Crippen LogP contribution in [0, 0.1) is 23.0 Å². The molecule has 0 aliphatic rings. The first-order valence-corrected chi connectivity index (χ1v) is 4.54. The average molecular weight is 233 g/mol. The largest absolute Gasteiger partial charge is 0.434 e. The van der Waals surface area contributed by atoms with Gasteiger partial charge in [0.05, 0.1) is 12.4 Å². The van der Waals surface area contributed by atoms with Crippen LogP contribution in [0.1, 0.15) is 5.69 Å². The highest BCUT2D eigenvalue weighted by molar-refractivity contribution is 5.29. The Morgan fingerprint density at radius 1 is 1.18 bits per heavy atom. The number of benzene rings is 1. The molecule has 0 bridgehead atoms. The van der Waals surface area contributed by atoms with Gasteiger partial charge in [0.2, 0.25) is 5.88 Å². The molecule has 0 radical (unpaired) electrons. The summed E-state index contributed by atoms with van der Waals surface area (Å²) in [6, 6.07) is 4.60. The molecule has 6 heteroatoms. The highest BCUT2D eigenvalue weighted by Gasteiger charge is 2.07. The van der Waals surface area contributed by atoms with E-state index in [0.29, 0.717) is 0 Å². The zero-order valence-electron chi connectivity index (χ0n) is 8.39. The Bertz CT molecular complexity index is 578. The lowest BCUT2D eigenvalue weighted by Gasteiger charge is -2.04. The maximum absolute atomic E-state index is 13.2. The zero-order chi connectivity index (χ0) is 12.3. The molecule has 17 heavy (non-hydrogen) atoms. The van der Waals surface area contributed by atoms with Crippen molar-refractivity contribution < 1.29 is 13.5 Å². The predicted octanol–water partition coefficient (Wildman–Crippen LogP) is 2.42. The van der Waals surface area contributed by atoms with Crippen molar-refractivity contribution in [3.8, 4) is 17.7 Å². The van der Waals surface area contributed by atoms with E-state index in [4.69, 9.17) is 10.00 Å². The van der Waals surface area contributed by atoms with Crippen LogP contribution in [-0.2, 0) is 0 Å². The molecule has 4 nitrogen and oxygen atoms in total. The fourth-order valence-electron chi connectivity index (χ4n) is 1.09. The van der Waals surface area contributed by atoms with Crippen molar-refractivity contribution in [3.63, 3.8) is 0 Å². The lowest BCUT2D eigenvalue weighted by Crippen LogP contribution is -1.93. The summed E-state index contributed by atoms with van der Waals surface area (Å²) in [7, 11) is 0. The highest BCUT2D eigenvalue weighted by atomic mass is 19.1. The van der Waals surface area contributed by atoms with Gasteiger partial charge in [-0.05, 0) is 12.1 Å². The summed E-state index contributed by atoms with van der Waals surface area (Å²) in [5.74, 6) is -1.64. The fourth-order valence-corrected chi connectivity index (χ4v) is 1.09. The third-order valence-corrected chi connectivity index (χ3v) is 1.85. The Kier molecular flexibility index (Phi) is 2.92. The number of hydrogen-bond donors (Lipinski definition) is 0. The average Bonchev–Trinajstić information content (AvgIpc) is 2.35. The van der Waals surface area contributed by atoms with Crippen molar-refractivity contribution in [1.82, 2.24) is 9.97 Å². The topological polar surface area (TPSA) is 58.8 Å². The van der Waals surface area contributed by atoms with E-state index in [2.05, 4.69) is 9.97 Å². The van der Waals surface area contributed by atoms with Crippen LogP contribution in [0.25, 0.3) is 0 Å². The van der Waals surface area contributed by atoms with Gasteiger partial charge in [-0.2, -0.15) is 5.26 Å². The second-order valence-electron chi connectivity index (χ2n) is 3.03. The standard InChI is InChI=1S/C11H5F2N3O/c12-7-1-2-9(13)10(3-7)17-11-6-15-8(4-14)5-16-11/h1-3,5-6H. The van der Waals surface area contributed by atoms with Crippen LogP contribution in [0.15, 0.2) is 30.6 Å². The predicted molar refractivity (Wildman–Crippen MR) is 53.2 cm³/mol. The smallest absolute Gasteiger partial charge is 0.238 e. The van der Waals surface area contributed by atoms with Crippen molar-refractivity contribution in [2.45, 2.75) is 0 Å². The number of aromatic nitrogens is 2. The molecule has 0 fully saturated rings. The summed E-state index contributed by atoms with van der Waals surface area (Å²) in [5, 5.41) is 8.50. The van der Waals surface area contributed by atoms with E-state index in [9.17, 15) is 8.78 Å². The number of hydrogen-bond acceptors (Lipinski definition) is 4. The van der Waals surface area contributed by atoms with Crippen LogP contribution in [0.4, 0.5) is 8.78 Å². The Labute approximate surface area is 95.1 Å². The number of halogens is 2. The van der Waals surface area contributed by atoms with Crippen LogP contribution in [-0.4, -0.2) is 9.97 Å². The highest BCUT2D eigenvalue weighted by Crippen LogP contribution is 2.23. The maximum atomic E-state index is 13.2. The Morgan fingerprint density at radius 3 is 2.65 bits per heavy atom. The van der Waals surface area contributed by atoms with Gasteiger partial charge in [-0.1, -0.05) is 0 Å². The normalized spacial score (nSPS) is 9.71. The molecule has 1 heterocycles. The van der Waals surface area contributed by atoms with E-state index < -0.39 is 11.6 Å². The van der Waals surface area contributed by atoms with Crippen molar-refractivity contribution in [2.24, 2.45) is 0 Å². The minimum Gasteiger partial charge on any atom is -0.434 e. The molecule has 0 spiro atoms. The number of ether oxygens (including phenoxy) is 1. The van der Waals surface area contributed by atoms with E-state index in [1.165, 1.54) is 6.20 Å². The van der Waals surface area contributed by atoms with Crippen molar-refractivity contribution in [1.29, 1.82) is 5.26 Å². The van der Waals surface area contributed by atoms with E-state index in [1.807, 2.05) is 0 Å². The molecule has 0 saturated carbocycles. The Hall–Kier alpha value is -2.55. The third kappa shape index (κ3) is 2.52. The molecule has 0 amide bonds. The second-order valence-corrected chi connectivity index (χ2v) is 3.03. The molecule has 0 aliphatic carbocycles. The van der Waals surface area contributed by atoms with E-state index >= 15 is 0 Å². The zero-order valence-corrected chi connectivity index (χ0v) is 8.39. The first kappa shape index (κ1) is 11.0. The summed E-state index contributed by atoms with van der Waals surface area (Å²) >= 11 is 0. The van der Waals surface area contributed by atoms with Gasteiger partial charge in [-0.15, -0.1) is 0 Å². The molecule has 0 N–H and O–H groups in total. The molecule has 0 saturated heterocycles. The molecule has 1 aromatic heterocycles. The molecule has 0 atom stereocenters. The van der Waals surface area contributed by atoms with Gasteiger partial charge in [0.25, 0.3) is 0 Å². The van der Waals surface area contributed by atoms with Gasteiger partial charge < -0.3 is 4.74 Å². The number of nitrogens with zero attached hydrogens (tertiary/aromatic N) is 3. The molecule has 2 rings (SSSR count). The molecule has 0 aliphatic heterocycles. The van der Waals surface area contributed by atoms with Gasteiger partial charge >= 0.3 is 0 Å². The minimum atomic E-state index is -0.711. The van der Waals surface area contributed by atoms with Gasteiger partial charge in [0.15, 0.2) is 17.3 Å². The molecule has 2 aromatic rings. The van der Waals surface area contributed by atoms with Crippen molar-refractivity contribution in [3.05, 3.63) is 47.9 Å². The minimum absolute atomic E-state index is 0.0199. The first-order chi connectivity index (χ1) is 8.19. The molecule has 84 valence electrons. The van der Waals surface area contributed by atoms with Crippen LogP contribution in [0.3, 0.4) is 0 Å². The molecule has 0 unspecified atom stereocenters. The van der Waals surface area contributed by atoms with E-state index in [0.717, 1.165) is 24.4 Å². The quantitative estimate of drug-likeness (QED) is 0.799. The van der Waals surface area contributed by atoms with Crippen LogP contribution >= 0.6 is 0 Å². The fraction of sp³-hybridized carbons (Fsp3) is 0. The van der Waals surface area contributed by atoms with Gasteiger partial charge in [-0.25, -0.2) is 18.7 Å². The summed E-state index contributed by atoms with van der Waals surface area (Å²) in [6.07, 6.45) is 2.33. The number of rotatable bonds is 2. The maximum Gasteiger partial charge on any atom is 0.238 e. The summed E-state index contributed by atoms with van der Waals surface area (Å²) < 4.78 is 31.0. The van der Waals surface area contributed by atoms with Gasteiger partial charge in [0.1, 0.15) is 11.9 Å². The van der Waals surface area contributed by atoms with E-state index in [-0.39, 0.29) is 17.3 Å². The van der Waals surface area contributed by atoms with Crippen molar-refractivity contribution in [2.75, 3.05) is 0 Å². The Morgan fingerprint density at radius 2 is 2.00 bits per heavy atom. The van der Waals surface area contributed by atoms with Gasteiger partial charge in [0, 0.05) is 6.07 Å².